The summed E-state index contributed by atoms with van der Waals surface area (Å²) in [4.78, 5) is 6.70. The summed E-state index contributed by atoms with van der Waals surface area (Å²) in [5, 5.41) is 3.97. The molecule has 2 atom stereocenters. The molecule has 0 bridgehead atoms. The first kappa shape index (κ1) is 12.1. The van der Waals surface area contributed by atoms with Crippen LogP contribution < -0.4 is 5.73 Å². The maximum Gasteiger partial charge on any atom is 0.240 e. The lowest BCUT2D eigenvalue weighted by molar-refractivity contribution is -0.0919. The molecule has 3 rings (SSSR count). The zero-order valence-corrected chi connectivity index (χ0v) is 10.5. The van der Waals surface area contributed by atoms with Crippen LogP contribution in [0.4, 0.5) is 0 Å². The van der Waals surface area contributed by atoms with Crippen molar-refractivity contribution in [2.75, 3.05) is 13.2 Å². The Balaban J connectivity index is 1.66. The van der Waals surface area contributed by atoms with E-state index in [-0.39, 0.29) is 0 Å². The van der Waals surface area contributed by atoms with Crippen molar-refractivity contribution in [3.63, 3.8) is 0 Å². The van der Waals surface area contributed by atoms with Crippen molar-refractivity contribution >= 4 is 0 Å². The minimum Gasteiger partial charge on any atom is -0.375 e. The predicted octanol–water partition coefficient (Wildman–Crippen LogP) is 0.672. The third-order valence-corrected chi connectivity index (χ3v) is 3.88. The van der Waals surface area contributed by atoms with Gasteiger partial charge in [0.2, 0.25) is 5.89 Å². The third kappa shape index (κ3) is 2.41. The topological polar surface area (TPSA) is 77.4 Å². The van der Waals surface area contributed by atoms with Crippen LogP contribution in [0.25, 0.3) is 0 Å². The number of fused-ring (bicyclic) bond motifs is 1. The summed E-state index contributed by atoms with van der Waals surface area (Å²) in [6.45, 7) is 2.81. The lowest BCUT2D eigenvalue weighted by atomic mass is 9.90. The molecule has 2 fully saturated rings. The molecule has 2 unspecified atom stereocenters. The van der Waals surface area contributed by atoms with E-state index in [2.05, 4.69) is 15.0 Å². The van der Waals surface area contributed by atoms with Crippen LogP contribution in [0.5, 0.6) is 0 Å². The van der Waals surface area contributed by atoms with Gasteiger partial charge in [0.15, 0.2) is 5.82 Å². The molecule has 100 valence electrons. The van der Waals surface area contributed by atoms with Crippen molar-refractivity contribution < 1.29 is 9.26 Å². The number of nitrogens with zero attached hydrogens (tertiary/aromatic N) is 3. The largest absolute Gasteiger partial charge is 0.375 e. The summed E-state index contributed by atoms with van der Waals surface area (Å²) >= 11 is 0. The van der Waals surface area contributed by atoms with Gasteiger partial charge in [0, 0.05) is 12.6 Å². The van der Waals surface area contributed by atoms with Crippen molar-refractivity contribution in [2.45, 2.75) is 50.9 Å². The molecule has 1 aliphatic carbocycles. The average molecular weight is 252 g/mol. The highest BCUT2D eigenvalue weighted by Gasteiger charge is 2.34. The highest BCUT2D eigenvalue weighted by molar-refractivity contribution is 4.92. The minimum absolute atomic E-state index is 0.308. The van der Waals surface area contributed by atoms with E-state index in [0.29, 0.717) is 24.6 Å². The fourth-order valence-electron chi connectivity index (χ4n) is 2.99. The standard InChI is InChI=1S/C12H20N4O2/c13-7-12-14-11(15-18-12)8-16-5-6-17-10-4-2-1-3-9(10)16/h9-10H,1-8,13H2. The Morgan fingerprint density at radius 1 is 1.33 bits per heavy atom. The molecule has 1 saturated heterocycles. The Labute approximate surface area is 106 Å². The summed E-state index contributed by atoms with van der Waals surface area (Å²) in [7, 11) is 0. The maximum atomic E-state index is 5.85. The monoisotopic (exact) mass is 252 g/mol. The van der Waals surface area contributed by atoms with Gasteiger partial charge in [-0.2, -0.15) is 4.98 Å². The summed E-state index contributed by atoms with van der Waals surface area (Å²) in [5.74, 6) is 1.25. The minimum atomic E-state index is 0.308. The Hall–Kier alpha value is -0.980. The van der Waals surface area contributed by atoms with Crippen molar-refractivity contribution in [3.05, 3.63) is 11.7 Å². The lowest BCUT2D eigenvalue weighted by Crippen LogP contribution is -2.52. The van der Waals surface area contributed by atoms with E-state index >= 15 is 0 Å². The van der Waals surface area contributed by atoms with E-state index in [1.807, 2.05) is 0 Å². The van der Waals surface area contributed by atoms with E-state index in [0.717, 1.165) is 25.5 Å². The highest BCUT2D eigenvalue weighted by Crippen LogP contribution is 2.29. The quantitative estimate of drug-likeness (QED) is 0.852. The molecular weight excluding hydrogens is 232 g/mol. The van der Waals surface area contributed by atoms with Gasteiger partial charge < -0.3 is 15.0 Å². The fraction of sp³-hybridized carbons (Fsp3) is 0.833. The predicted molar refractivity (Wildman–Crippen MR) is 64.6 cm³/mol. The van der Waals surface area contributed by atoms with Gasteiger partial charge in [-0.1, -0.05) is 18.0 Å². The van der Waals surface area contributed by atoms with Crippen molar-refractivity contribution in [1.29, 1.82) is 0 Å². The number of hydrogen-bond acceptors (Lipinski definition) is 6. The zero-order valence-electron chi connectivity index (χ0n) is 10.5. The Morgan fingerprint density at radius 3 is 3.06 bits per heavy atom. The van der Waals surface area contributed by atoms with Gasteiger partial charge in [0.25, 0.3) is 0 Å². The van der Waals surface area contributed by atoms with E-state index in [1.165, 1.54) is 25.7 Å². The maximum absolute atomic E-state index is 5.85. The van der Waals surface area contributed by atoms with Crippen LogP contribution in [0.2, 0.25) is 0 Å². The Morgan fingerprint density at radius 2 is 2.22 bits per heavy atom. The molecule has 1 saturated carbocycles. The van der Waals surface area contributed by atoms with Gasteiger partial charge in [0.05, 0.1) is 25.8 Å². The van der Waals surface area contributed by atoms with Crippen LogP contribution in [-0.4, -0.2) is 40.3 Å². The molecule has 1 aromatic rings. The Kier molecular flexibility index (Phi) is 3.58. The third-order valence-electron chi connectivity index (χ3n) is 3.88. The second-order valence-electron chi connectivity index (χ2n) is 5.04. The SMILES string of the molecule is NCc1nc(CN2CCOC3CCCCC32)no1. The van der Waals surface area contributed by atoms with Gasteiger partial charge in [-0.3, -0.25) is 4.90 Å². The lowest BCUT2D eigenvalue weighted by Gasteiger charge is -2.43. The molecule has 6 nitrogen and oxygen atoms in total. The number of rotatable bonds is 3. The summed E-state index contributed by atoms with van der Waals surface area (Å²) in [6.07, 6.45) is 5.37. The van der Waals surface area contributed by atoms with Gasteiger partial charge in [0.1, 0.15) is 0 Å². The van der Waals surface area contributed by atoms with E-state index in [4.69, 9.17) is 15.0 Å². The smallest absolute Gasteiger partial charge is 0.240 e. The molecule has 2 heterocycles. The number of hydrogen-bond donors (Lipinski definition) is 1. The average Bonchev–Trinajstić information content (AvgIpc) is 2.87. The van der Waals surface area contributed by atoms with Gasteiger partial charge in [-0.05, 0) is 12.8 Å². The molecule has 1 aromatic heterocycles. The van der Waals surface area contributed by atoms with E-state index < -0.39 is 0 Å². The molecular formula is C12H20N4O2. The van der Waals surface area contributed by atoms with Crippen molar-refractivity contribution in [1.82, 2.24) is 15.0 Å². The van der Waals surface area contributed by atoms with Crippen LogP contribution in [0, 0.1) is 0 Å². The number of morpholine rings is 1. The van der Waals surface area contributed by atoms with Crippen LogP contribution in [0.15, 0.2) is 4.52 Å². The van der Waals surface area contributed by atoms with E-state index in [9.17, 15) is 0 Å². The highest BCUT2D eigenvalue weighted by atomic mass is 16.5. The second kappa shape index (κ2) is 5.34. The van der Waals surface area contributed by atoms with Crippen LogP contribution in [0.3, 0.4) is 0 Å². The normalized spacial score (nSPS) is 29.2. The van der Waals surface area contributed by atoms with Crippen LogP contribution in [0.1, 0.15) is 37.4 Å². The first-order valence-electron chi connectivity index (χ1n) is 6.74. The molecule has 2 aliphatic rings. The first-order valence-corrected chi connectivity index (χ1v) is 6.74. The Bertz CT molecular complexity index is 393. The molecule has 18 heavy (non-hydrogen) atoms. The second-order valence-corrected chi connectivity index (χ2v) is 5.04. The fourth-order valence-corrected chi connectivity index (χ4v) is 2.99. The molecule has 2 N–H and O–H groups in total. The van der Waals surface area contributed by atoms with Gasteiger partial charge in [-0.15, -0.1) is 0 Å². The number of nitrogens with two attached hydrogens (primary N) is 1. The zero-order chi connectivity index (χ0) is 12.4. The van der Waals surface area contributed by atoms with Crippen LogP contribution in [-0.2, 0) is 17.8 Å². The van der Waals surface area contributed by atoms with Gasteiger partial charge in [-0.25, -0.2) is 0 Å². The van der Waals surface area contributed by atoms with Crippen LogP contribution >= 0.6 is 0 Å². The number of aromatic nitrogens is 2. The van der Waals surface area contributed by atoms with Crippen molar-refractivity contribution in [2.24, 2.45) is 5.73 Å². The molecule has 0 radical (unpaired) electrons. The molecule has 1 aliphatic heterocycles. The summed E-state index contributed by atoms with van der Waals surface area (Å²) < 4.78 is 10.9. The molecule has 6 heteroatoms. The first-order chi connectivity index (χ1) is 8.86. The van der Waals surface area contributed by atoms with Crippen molar-refractivity contribution in [3.8, 4) is 0 Å². The molecule has 0 spiro atoms. The number of ether oxygens (including phenoxy) is 1. The summed E-state index contributed by atoms with van der Waals surface area (Å²) in [6, 6.07) is 0.521. The molecule has 0 aromatic carbocycles. The van der Waals surface area contributed by atoms with Gasteiger partial charge >= 0.3 is 0 Å². The van der Waals surface area contributed by atoms with E-state index in [1.54, 1.807) is 0 Å². The summed E-state index contributed by atoms with van der Waals surface area (Å²) in [5.41, 5.74) is 5.47. The molecule has 0 amide bonds.